The Labute approximate surface area is 87.7 Å². The normalized spacial score (nSPS) is 26.1. The maximum absolute atomic E-state index is 12.7. The van der Waals surface area contributed by atoms with E-state index in [0.29, 0.717) is 6.42 Å². The number of amides is 1. The van der Waals surface area contributed by atoms with Crippen molar-refractivity contribution in [1.82, 2.24) is 4.90 Å². The number of nitrogens with two attached hydrogens (primary N) is 1. The predicted molar refractivity (Wildman–Crippen MR) is 54.5 cm³/mol. The van der Waals surface area contributed by atoms with Crippen LogP contribution in [0.25, 0.3) is 0 Å². The van der Waals surface area contributed by atoms with Crippen molar-refractivity contribution in [1.29, 1.82) is 0 Å². The lowest BCUT2D eigenvalue weighted by Crippen LogP contribution is -2.31. The fraction of sp³-hybridized carbons (Fsp3) is 0.364. The summed E-state index contributed by atoms with van der Waals surface area (Å²) in [5, 5.41) is 0. The van der Waals surface area contributed by atoms with E-state index in [1.807, 2.05) is 0 Å². The summed E-state index contributed by atoms with van der Waals surface area (Å²) >= 11 is 0. The van der Waals surface area contributed by atoms with Gasteiger partial charge in [0, 0.05) is 7.05 Å². The Hall–Kier alpha value is -1.42. The highest BCUT2D eigenvalue weighted by atomic mass is 19.1. The molecule has 1 saturated heterocycles. The minimum atomic E-state index is -0.426. The van der Waals surface area contributed by atoms with Gasteiger partial charge in [-0.25, -0.2) is 4.39 Å². The number of carbonyl (C=O) groups is 1. The molecule has 0 aliphatic carbocycles. The zero-order valence-electron chi connectivity index (χ0n) is 8.48. The van der Waals surface area contributed by atoms with Crippen LogP contribution in [0.5, 0.6) is 0 Å². The maximum Gasteiger partial charge on any atom is 0.239 e. The molecule has 1 aromatic carbocycles. The largest absolute Gasteiger partial charge is 0.337 e. The number of halogens is 1. The molecule has 15 heavy (non-hydrogen) atoms. The van der Waals surface area contributed by atoms with E-state index in [1.165, 1.54) is 12.1 Å². The van der Waals surface area contributed by atoms with Crippen molar-refractivity contribution >= 4 is 5.91 Å². The smallest absolute Gasteiger partial charge is 0.239 e. The predicted octanol–water partition coefficient (Wildman–Crippen LogP) is 1.06. The Morgan fingerprint density at radius 1 is 1.40 bits per heavy atom. The van der Waals surface area contributed by atoms with Crippen molar-refractivity contribution in [2.24, 2.45) is 5.73 Å². The summed E-state index contributed by atoms with van der Waals surface area (Å²) in [5.74, 6) is -0.320. The number of hydrogen-bond donors (Lipinski definition) is 1. The number of carbonyl (C=O) groups excluding carboxylic acids is 1. The molecular weight excluding hydrogens is 195 g/mol. The van der Waals surface area contributed by atoms with Gasteiger partial charge in [0.05, 0.1) is 12.1 Å². The van der Waals surface area contributed by atoms with Crippen LogP contribution < -0.4 is 5.73 Å². The molecule has 0 spiro atoms. The van der Waals surface area contributed by atoms with E-state index in [0.717, 1.165) is 5.56 Å². The molecule has 0 saturated carbocycles. The lowest BCUT2D eigenvalue weighted by atomic mass is 10.0. The summed E-state index contributed by atoms with van der Waals surface area (Å²) in [4.78, 5) is 13.1. The van der Waals surface area contributed by atoms with Crippen LogP contribution in [0.1, 0.15) is 18.0 Å². The third-order valence-electron chi connectivity index (χ3n) is 2.86. The van der Waals surface area contributed by atoms with Crippen LogP contribution in [-0.2, 0) is 4.79 Å². The van der Waals surface area contributed by atoms with Crippen molar-refractivity contribution in [3.8, 4) is 0 Å². The van der Waals surface area contributed by atoms with E-state index in [2.05, 4.69) is 0 Å². The van der Waals surface area contributed by atoms with Gasteiger partial charge in [0.15, 0.2) is 0 Å². The highest BCUT2D eigenvalue weighted by Gasteiger charge is 2.35. The fourth-order valence-corrected chi connectivity index (χ4v) is 1.96. The van der Waals surface area contributed by atoms with Crippen molar-refractivity contribution in [2.45, 2.75) is 18.5 Å². The van der Waals surface area contributed by atoms with E-state index in [-0.39, 0.29) is 17.8 Å². The summed E-state index contributed by atoms with van der Waals surface area (Å²) < 4.78 is 12.7. The Morgan fingerprint density at radius 2 is 2.00 bits per heavy atom. The molecule has 1 aliphatic heterocycles. The minimum absolute atomic E-state index is 0.0203. The summed E-state index contributed by atoms with van der Waals surface area (Å²) in [6.07, 6.45) is 0.598. The van der Waals surface area contributed by atoms with E-state index in [1.54, 1.807) is 24.1 Å². The first kappa shape index (κ1) is 10.1. The lowest BCUT2D eigenvalue weighted by Gasteiger charge is -2.19. The van der Waals surface area contributed by atoms with Crippen LogP contribution in [0.15, 0.2) is 24.3 Å². The van der Waals surface area contributed by atoms with Crippen LogP contribution in [0.4, 0.5) is 4.39 Å². The zero-order chi connectivity index (χ0) is 11.0. The third kappa shape index (κ3) is 1.72. The number of hydrogen-bond acceptors (Lipinski definition) is 2. The first-order valence-corrected chi connectivity index (χ1v) is 4.87. The molecule has 80 valence electrons. The Kier molecular flexibility index (Phi) is 2.44. The molecule has 3 nitrogen and oxygen atoms in total. The molecule has 1 aromatic rings. The van der Waals surface area contributed by atoms with Gasteiger partial charge in [-0.1, -0.05) is 12.1 Å². The highest BCUT2D eigenvalue weighted by Crippen LogP contribution is 2.30. The molecule has 0 radical (unpaired) electrons. The number of nitrogens with zero attached hydrogens (tertiary/aromatic N) is 1. The molecule has 0 unspecified atom stereocenters. The molecule has 1 amide bonds. The molecule has 4 heteroatoms. The lowest BCUT2D eigenvalue weighted by molar-refractivity contribution is -0.128. The first-order chi connectivity index (χ1) is 7.09. The Balaban J connectivity index is 2.25. The van der Waals surface area contributed by atoms with Crippen LogP contribution >= 0.6 is 0 Å². The van der Waals surface area contributed by atoms with Crippen LogP contribution in [0.3, 0.4) is 0 Å². The van der Waals surface area contributed by atoms with Gasteiger partial charge in [-0.05, 0) is 24.1 Å². The van der Waals surface area contributed by atoms with Crippen molar-refractivity contribution in [3.63, 3.8) is 0 Å². The standard InChI is InChI=1S/C11H13FN2O/c1-14-10(6-9(13)11(14)15)7-2-4-8(12)5-3-7/h2-5,9-10H,6,13H2,1H3/t9-,10+/m1/s1. The second kappa shape index (κ2) is 3.62. The number of benzene rings is 1. The number of rotatable bonds is 1. The summed E-state index contributed by atoms with van der Waals surface area (Å²) in [7, 11) is 1.73. The average molecular weight is 208 g/mol. The van der Waals surface area contributed by atoms with E-state index in [9.17, 15) is 9.18 Å². The van der Waals surface area contributed by atoms with Crippen LogP contribution in [0.2, 0.25) is 0 Å². The van der Waals surface area contributed by atoms with Crippen LogP contribution in [0, 0.1) is 5.82 Å². The van der Waals surface area contributed by atoms with Gasteiger partial charge in [0.25, 0.3) is 0 Å². The molecule has 2 rings (SSSR count). The van der Waals surface area contributed by atoms with Gasteiger partial charge < -0.3 is 10.6 Å². The van der Waals surface area contributed by atoms with Gasteiger partial charge in [0.1, 0.15) is 5.82 Å². The third-order valence-corrected chi connectivity index (χ3v) is 2.86. The number of likely N-dealkylation sites (tertiary alicyclic amines) is 1. The summed E-state index contributed by atoms with van der Waals surface area (Å²) in [6.45, 7) is 0. The fourth-order valence-electron chi connectivity index (χ4n) is 1.96. The van der Waals surface area contributed by atoms with Crippen molar-refractivity contribution < 1.29 is 9.18 Å². The molecule has 0 aromatic heterocycles. The van der Waals surface area contributed by atoms with E-state index >= 15 is 0 Å². The minimum Gasteiger partial charge on any atom is -0.337 e. The molecule has 1 fully saturated rings. The van der Waals surface area contributed by atoms with Crippen molar-refractivity contribution in [2.75, 3.05) is 7.05 Å². The second-order valence-electron chi connectivity index (χ2n) is 3.86. The highest BCUT2D eigenvalue weighted by molar-refractivity contribution is 5.84. The Morgan fingerprint density at radius 3 is 2.47 bits per heavy atom. The molecule has 1 aliphatic rings. The second-order valence-corrected chi connectivity index (χ2v) is 3.86. The van der Waals surface area contributed by atoms with Crippen molar-refractivity contribution in [3.05, 3.63) is 35.6 Å². The monoisotopic (exact) mass is 208 g/mol. The van der Waals surface area contributed by atoms with Gasteiger partial charge in [-0.3, -0.25) is 4.79 Å². The summed E-state index contributed by atoms with van der Waals surface area (Å²) in [6, 6.07) is 5.75. The summed E-state index contributed by atoms with van der Waals surface area (Å²) in [5.41, 5.74) is 6.59. The zero-order valence-corrected chi connectivity index (χ0v) is 8.48. The van der Waals surface area contributed by atoms with E-state index < -0.39 is 6.04 Å². The SMILES string of the molecule is CN1C(=O)[C@H](N)C[C@H]1c1ccc(F)cc1. The maximum atomic E-state index is 12.7. The number of likely N-dealkylation sites (N-methyl/N-ethyl adjacent to an activating group) is 1. The van der Waals surface area contributed by atoms with Gasteiger partial charge in [-0.2, -0.15) is 0 Å². The van der Waals surface area contributed by atoms with Gasteiger partial charge in [-0.15, -0.1) is 0 Å². The van der Waals surface area contributed by atoms with Crippen LogP contribution in [-0.4, -0.2) is 23.9 Å². The van der Waals surface area contributed by atoms with E-state index in [4.69, 9.17) is 5.73 Å². The van der Waals surface area contributed by atoms with Gasteiger partial charge >= 0.3 is 0 Å². The Bertz CT molecular complexity index is 377. The first-order valence-electron chi connectivity index (χ1n) is 4.87. The topological polar surface area (TPSA) is 46.3 Å². The average Bonchev–Trinajstić information content (AvgIpc) is 2.47. The quantitative estimate of drug-likeness (QED) is 0.750. The molecule has 0 bridgehead atoms. The molecule has 2 atom stereocenters. The molecule has 1 heterocycles. The molecular formula is C11H13FN2O. The van der Waals surface area contributed by atoms with Gasteiger partial charge in [0.2, 0.25) is 5.91 Å². The molecule has 2 N–H and O–H groups in total.